The van der Waals surface area contributed by atoms with Gasteiger partial charge in [-0.25, -0.2) is 4.79 Å². The van der Waals surface area contributed by atoms with Crippen molar-refractivity contribution in [3.8, 4) is 5.69 Å². The molecule has 2 aromatic carbocycles. The number of fused-ring (bicyclic) bond motifs is 2. The van der Waals surface area contributed by atoms with Crippen LogP contribution in [0.25, 0.3) is 16.6 Å². The van der Waals surface area contributed by atoms with Crippen LogP contribution in [0.5, 0.6) is 0 Å². The van der Waals surface area contributed by atoms with Gasteiger partial charge in [0.25, 0.3) is 5.91 Å². The number of carbonyl (C=O) groups excluding carboxylic acids is 2. The Balaban J connectivity index is 1.22. The molecule has 0 radical (unpaired) electrons. The lowest BCUT2D eigenvalue weighted by atomic mass is 10.0. The van der Waals surface area contributed by atoms with Gasteiger partial charge in [-0.3, -0.25) is 9.78 Å². The number of urea groups is 1. The van der Waals surface area contributed by atoms with Gasteiger partial charge in [-0.15, -0.1) is 0 Å². The van der Waals surface area contributed by atoms with Gasteiger partial charge in [0.05, 0.1) is 24.3 Å². The first kappa shape index (κ1) is 23.8. The van der Waals surface area contributed by atoms with E-state index in [4.69, 9.17) is 17.3 Å². The van der Waals surface area contributed by atoms with E-state index < -0.39 is 5.91 Å². The molecule has 1 aliphatic heterocycles. The van der Waals surface area contributed by atoms with Gasteiger partial charge in [0.15, 0.2) is 0 Å². The van der Waals surface area contributed by atoms with Crippen LogP contribution >= 0.6 is 11.6 Å². The maximum absolute atomic E-state index is 13.2. The van der Waals surface area contributed by atoms with Crippen LogP contribution in [0, 0.1) is 0 Å². The standard InChI is InChI=1S/C29H25ClN6O2/c30-27-26(28(31)37)23-18-35(15-12-25(23)36(27)22-7-2-1-3-8-22)29(38)33-20-9-10-24-19(16-20)11-14-34(24)17-21-6-4-5-13-32-21/h1-11,13-14,16H,12,15,17-18H2,(H2,31,37)(H,33,38). The Morgan fingerprint density at radius 1 is 1.03 bits per heavy atom. The third-order valence-electron chi connectivity index (χ3n) is 6.92. The summed E-state index contributed by atoms with van der Waals surface area (Å²) in [7, 11) is 0. The molecular formula is C29H25ClN6O2. The Kier molecular flexibility index (Phi) is 6.09. The summed E-state index contributed by atoms with van der Waals surface area (Å²) in [5.74, 6) is -0.608. The number of hydrogen-bond acceptors (Lipinski definition) is 3. The average Bonchev–Trinajstić information content (AvgIpc) is 3.46. The maximum Gasteiger partial charge on any atom is 0.322 e. The molecule has 0 unspecified atom stereocenters. The van der Waals surface area contributed by atoms with Crippen LogP contribution in [0.3, 0.4) is 0 Å². The summed E-state index contributed by atoms with van der Waals surface area (Å²) in [6, 6.07) is 23.1. The second-order valence-corrected chi connectivity index (χ2v) is 9.62. The predicted octanol–water partition coefficient (Wildman–Crippen LogP) is 5.22. The van der Waals surface area contributed by atoms with Gasteiger partial charge in [0, 0.05) is 58.9 Å². The minimum atomic E-state index is -0.608. The van der Waals surface area contributed by atoms with Crippen molar-refractivity contribution < 1.29 is 9.59 Å². The molecule has 0 aliphatic carbocycles. The lowest BCUT2D eigenvalue weighted by Crippen LogP contribution is -2.39. The lowest BCUT2D eigenvalue weighted by molar-refractivity contribution is 0.0998. The van der Waals surface area contributed by atoms with Crippen molar-refractivity contribution in [3.63, 3.8) is 0 Å². The third kappa shape index (κ3) is 4.29. The molecule has 190 valence electrons. The summed E-state index contributed by atoms with van der Waals surface area (Å²) in [6.07, 6.45) is 4.35. The van der Waals surface area contributed by atoms with E-state index >= 15 is 0 Å². The fourth-order valence-corrected chi connectivity index (χ4v) is 5.54. The van der Waals surface area contributed by atoms with Gasteiger partial charge in [-0.1, -0.05) is 35.9 Å². The van der Waals surface area contributed by atoms with E-state index in [9.17, 15) is 9.59 Å². The number of para-hydroxylation sites is 1. The zero-order valence-corrected chi connectivity index (χ0v) is 21.2. The molecule has 0 fully saturated rings. The van der Waals surface area contributed by atoms with Crippen molar-refractivity contribution in [2.24, 2.45) is 5.73 Å². The molecule has 3 amide bonds. The number of anilines is 1. The molecular weight excluding hydrogens is 500 g/mol. The van der Waals surface area contributed by atoms with Gasteiger partial charge in [-0.05, 0) is 48.5 Å². The van der Waals surface area contributed by atoms with E-state index in [2.05, 4.69) is 14.9 Å². The number of hydrogen-bond donors (Lipinski definition) is 2. The zero-order chi connectivity index (χ0) is 26.2. The van der Waals surface area contributed by atoms with Crippen LogP contribution in [0.4, 0.5) is 10.5 Å². The fourth-order valence-electron chi connectivity index (χ4n) is 5.13. The number of aromatic nitrogens is 3. The number of carbonyl (C=O) groups is 2. The summed E-state index contributed by atoms with van der Waals surface area (Å²) in [6.45, 7) is 1.38. The molecule has 0 saturated heterocycles. The largest absolute Gasteiger partial charge is 0.365 e. The molecule has 4 heterocycles. The highest BCUT2D eigenvalue weighted by Crippen LogP contribution is 2.34. The van der Waals surface area contributed by atoms with E-state index in [1.807, 2.05) is 83.6 Å². The number of halogens is 1. The number of benzene rings is 2. The minimum Gasteiger partial charge on any atom is -0.365 e. The summed E-state index contributed by atoms with van der Waals surface area (Å²) in [4.78, 5) is 31.7. The van der Waals surface area contributed by atoms with Crippen LogP contribution < -0.4 is 11.1 Å². The Labute approximate surface area is 224 Å². The highest BCUT2D eigenvalue weighted by Gasteiger charge is 2.31. The molecule has 0 spiro atoms. The smallest absolute Gasteiger partial charge is 0.322 e. The number of pyridine rings is 1. The molecule has 6 rings (SSSR count). The predicted molar refractivity (Wildman–Crippen MR) is 148 cm³/mol. The third-order valence-corrected chi connectivity index (χ3v) is 7.28. The van der Waals surface area contributed by atoms with E-state index in [1.165, 1.54) is 0 Å². The van der Waals surface area contributed by atoms with Crippen LogP contribution in [0.1, 0.15) is 27.3 Å². The number of rotatable bonds is 5. The van der Waals surface area contributed by atoms with Crippen LogP contribution in [0.15, 0.2) is 85.2 Å². The molecule has 5 aromatic rings. The van der Waals surface area contributed by atoms with Crippen molar-refractivity contribution in [1.82, 2.24) is 19.0 Å². The summed E-state index contributed by atoms with van der Waals surface area (Å²) in [5, 5.41) is 4.30. The molecule has 0 saturated carbocycles. The number of primary amides is 1. The quantitative estimate of drug-likeness (QED) is 0.330. The summed E-state index contributed by atoms with van der Waals surface area (Å²) < 4.78 is 3.98. The van der Waals surface area contributed by atoms with E-state index in [0.717, 1.165) is 28.0 Å². The SMILES string of the molecule is NC(=O)c1c2c(n(-c3ccccc3)c1Cl)CCN(C(=O)Nc1ccc3c(ccn3Cc3ccccn3)c1)C2. The highest BCUT2D eigenvalue weighted by atomic mass is 35.5. The number of nitrogens with zero attached hydrogens (tertiary/aromatic N) is 4. The number of nitrogens with two attached hydrogens (primary N) is 1. The maximum atomic E-state index is 13.2. The van der Waals surface area contributed by atoms with E-state index in [1.54, 1.807) is 11.1 Å². The normalized spacial score (nSPS) is 12.9. The minimum absolute atomic E-state index is 0.238. The van der Waals surface area contributed by atoms with Gasteiger partial charge < -0.3 is 25.1 Å². The number of amides is 3. The molecule has 8 nitrogen and oxygen atoms in total. The Morgan fingerprint density at radius 2 is 1.84 bits per heavy atom. The van der Waals surface area contributed by atoms with Crippen LogP contribution in [-0.4, -0.2) is 37.5 Å². The second-order valence-electron chi connectivity index (χ2n) is 9.27. The van der Waals surface area contributed by atoms with Gasteiger partial charge in [0.1, 0.15) is 5.15 Å². The average molecular weight is 525 g/mol. The molecule has 38 heavy (non-hydrogen) atoms. The molecule has 1 aliphatic rings. The van der Waals surface area contributed by atoms with Crippen LogP contribution in [0.2, 0.25) is 5.15 Å². The molecule has 0 atom stereocenters. The lowest BCUT2D eigenvalue weighted by Gasteiger charge is -2.28. The van der Waals surface area contributed by atoms with Crippen molar-refractivity contribution in [2.45, 2.75) is 19.5 Å². The van der Waals surface area contributed by atoms with E-state index in [-0.39, 0.29) is 23.3 Å². The van der Waals surface area contributed by atoms with Crippen molar-refractivity contribution in [1.29, 1.82) is 0 Å². The van der Waals surface area contributed by atoms with E-state index in [0.29, 0.717) is 30.8 Å². The fraction of sp³-hybridized carbons (Fsp3) is 0.138. The second kappa shape index (κ2) is 9.72. The number of nitrogens with one attached hydrogen (secondary N) is 1. The first-order chi connectivity index (χ1) is 18.5. The van der Waals surface area contributed by atoms with Gasteiger partial charge in [0.2, 0.25) is 0 Å². The molecule has 0 bridgehead atoms. The molecule has 3 N–H and O–H groups in total. The van der Waals surface area contributed by atoms with Gasteiger partial charge >= 0.3 is 6.03 Å². The summed E-state index contributed by atoms with van der Waals surface area (Å²) >= 11 is 6.65. The Morgan fingerprint density at radius 3 is 2.61 bits per heavy atom. The Bertz CT molecular complexity index is 1660. The van der Waals surface area contributed by atoms with Crippen molar-refractivity contribution in [2.75, 3.05) is 11.9 Å². The van der Waals surface area contributed by atoms with Gasteiger partial charge in [-0.2, -0.15) is 0 Å². The molecule has 9 heteroatoms. The van der Waals surface area contributed by atoms with Crippen molar-refractivity contribution in [3.05, 3.63) is 113 Å². The Hall–Kier alpha value is -4.56. The van der Waals surface area contributed by atoms with Crippen LogP contribution in [-0.2, 0) is 19.5 Å². The first-order valence-electron chi connectivity index (χ1n) is 12.3. The molecule has 3 aromatic heterocycles. The zero-order valence-electron chi connectivity index (χ0n) is 20.5. The van der Waals surface area contributed by atoms with Crippen molar-refractivity contribution >= 4 is 40.1 Å². The summed E-state index contributed by atoms with van der Waals surface area (Å²) in [5.41, 5.74) is 11.1. The highest BCUT2D eigenvalue weighted by molar-refractivity contribution is 6.33. The monoisotopic (exact) mass is 524 g/mol. The first-order valence-corrected chi connectivity index (χ1v) is 12.7. The topological polar surface area (TPSA) is 98.2 Å².